The molecule has 0 aliphatic heterocycles. The number of pyridine rings is 1. The van der Waals surface area contributed by atoms with Gasteiger partial charge in [-0.05, 0) is 43.0 Å². The molecule has 1 fully saturated rings. The van der Waals surface area contributed by atoms with Gasteiger partial charge in [0.25, 0.3) is 0 Å². The molecule has 3 heteroatoms. The summed E-state index contributed by atoms with van der Waals surface area (Å²) in [5, 5.41) is 6.45. The first-order valence-electron chi connectivity index (χ1n) is 9.50. The Hall–Kier alpha value is -2.81. The molecule has 1 aliphatic carbocycles. The van der Waals surface area contributed by atoms with E-state index < -0.39 is 0 Å². The highest BCUT2D eigenvalue weighted by molar-refractivity contribution is 6.04. The van der Waals surface area contributed by atoms with Crippen LogP contribution in [0.2, 0.25) is 0 Å². The van der Waals surface area contributed by atoms with Crippen LogP contribution in [0.5, 0.6) is 0 Å². The number of fused-ring (bicyclic) bond motifs is 2. The summed E-state index contributed by atoms with van der Waals surface area (Å²) in [7, 11) is 0. The van der Waals surface area contributed by atoms with Gasteiger partial charge in [-0.25, -0.2) is 4.98 Å². The quantitative estimate of drug-likeness (QED) is 0.516. The lowest BCUT2D eigenvalue weighted by Crippen LogP contribution is -2.26. The van der Waals surface area contributed by atoms with Crippen molar-refractivity contribution in [2.24, 2.45) is 5.92 Å². The number of furan rings is 1. The van der Waals surface area contributed by atoms with Gasteiger partial charge in [-0.15, -0.1) is 0 Å². The number of nitrogens with one attached hydrogen (secondary N) is 2. The van der Waals surface area contributed by atoms with Gasteiger partial charge in [-0.1, -0.05) is 30.7 Å². The van der Waals surface area contributed by atoms with E-state index >= 15 is 0 Å². The molecule has 130 valence electrons. The molecule has 26 heavy (non-hydrogen) atoms. The van der Waals surface area contributed by atoms with E-state index in [1.54, 1.807) is 6.26 Å². The van der Waals surface area contributed by atoms with E-state index in [9.17, 15) is 0 Å². The lowest BCUT2D eigenvalue weighted by molar-refractivity contribution is -0.310. The predicted molar refractivity (Wildman–Crippen MR) is 105 cm³/mol. The molecule has 1 saturated carbocycles. The minimum Gasteiger partial charge on any atom is -0.469 e. The maximum atomic E-state index is 5.60. The van der Waals surface area contributed by atoms with Gasteiger partial charge in [0.05, 0.1) is 22.7 Å². The SMILES string of the molecule is c1coc(C[C@@H]2CCC[C@@H]2Nc2c3ccccc3[nH+]c3ccccc23)c1. The molecule has 2 heterocycles. The summed E-state index contributed by atoms with van der Waals surface area (Å²) in [6.07, 6.45) is 6.54. The molecule has 2 atom stereocenters. The average Bonchev–Trinajstić information content (AvgIpc) is 3.34. The molecule has 0 spiro atoms. The van der Waals surface area contributed by atoms with Gasteiger partial charge < -0.3 is 9.73 Å². The van der Waals surface area contributed by atoms with E-state index in [4.69, 9.17) is 4.42 Å². The third-order valence-electron chi connectivity index (χ3n) is 5.69. The molecule has 2 N–H and O–H groups in total. The largest absolute Gasteiger partial charge is 0.469 e. The number of benzene rings is 2. The van der Waals surface area contributed by atoms with Crippen molar-refractivity contribution in [1.82, 2.24) is 0 Å². The maximum Gasteiger partial charge on any atom is 0.213 e. The van der Waals surface area contributed by atoms with Gasteiger partial charge in [0.2, 0.25) is 11.0 Å². The van der Waals surface area contributed by atoms with Crippen molar-refractivity contribution in [3.05, 3.63) is 72.7 Å². The van der Waals surface area contributed by atoms with Crippen LogP contribution in [-0.2, 0) is 6.42 Å². The first-order valence-corrected chi connectivity index (χ1v) is 9.50. The van der Waals surface area contributed by atoms with E-state index in [1.807, 2.05) is 6.07 Å². The standard InChI is InChI=1S/C23H22N2O/c1-3-11-21-18(9-1)23(19-10-2-4-12-22(19)24-21)25-20-13-5-7-16(20)15-17-8-6-14-26-17/h1-4,6,8-12,14,16,20H,5,7,13,15H2,(H,24,25)/p+1/t16-,20-/m0/s1. The molecule has 2 aromatic heterocycles. The summed E-state index contributed by atoms with van der Waals surface area (Å²) in [6.45, 7) is 0. The molecule has 2 aromatic carbocycles. The number of hydrogen-bond donors (Lipinski definition) is 1. The zero-order chi connectivity index (χ0) is 17.3. The topological polar surface area (TPSA) is 39.3 Å². The van der Waals surface area contributed by atoms with Gasteiger partial charge in [-0.2, -0.15) is 0 Å². The lowest BCUT2D eigenvalue weighted by atomic mass is 9.97. The maximum absolute atomic E-state index is 5.60. The van der Waals surface area contributed by atoms with Crippen molar-refractivity contribution in [3.63, 3.8) is 0 Å². The minimum atomic E-state index is 0.481. The first kappa shape index (κ1) is 15.4. The smallest absolute Gasteiger partial charge is 0.213 e. The summed E-state index contributed by atoms with van der Waals surface area (Å²) < 4.78 is 5.60. The Morgan fingerprint density at radius 3 is 2.31 bits per heavy atom. The second kappa shape index (κ2) is 6.49. The second-order valence-electron chi connectivity index (χ2n) is 7.32. The molecule has 0 amide bonds. The number of H-pyrrole nitrogens is 1. The highest BCUT2D eigenvalue weighted by atomic mass is 16.3. The Kier molecular flexibility index (Phi) is 3.85. The van der Waals surface area contributed by atoms with Crippen LogP contribution in [0.25, 0.3) is 21.8 Å². The van der Waals surface area contributed by atoms with E-state index in [0.717, 1.165) is 12.2 Å². The van der Waals surface area contributed by atoms with E-state index in [-0.39, 0.29) is 0 Å². The minimum absolute atomic E-state index is 0.481. The van der Waals surface area contributed by atoms with E-state index in [1.165, 1.54) is 46.8 Å². The van der Waals surface area contributed by atoms with Crippen molar-refractivity contribution in [2.45, 2.75) is 31.7 Å². The number of hydrogen-bond acceptors (Lipinski definition) is 2. The van der Waals surface area contributed by atoms with Crippen molar-refractivity contribution >= 4 is 27.5 Å². The van der Waals surface area contributed by atoms with Crippen LogP contribution < -0.4 is 10.3 Å². The molecule has 5 rings (SSSR count). The number of anilines is 1. The summed E-state index contributed by atoms with van der Waals surface area (Å²) in [4.78, 5) is 3.57. The number of rotatable bonds is 4. The Bertz CT molecular complexity index is 985. The van der Waals surface area contributed by atoms with Crippen LogP contribution >= 0.6 is 0 Å². The summed E-state index contributed by atoms with van der Waals surface area (Å²) in [6, 6.07) is 21.7. The molecule has 0 unspecified atom stereocenters. The van der Waals surface area contributed by atoms with Gasteiger partial charge in [-0.3, -0.25) is 0 Å². The average molecular weight is 343 g/mol. The molecule has 0 radical (unpaired) electrons. The number of para-hydroxylation sites is 2. The van der Waals surface area contributed by atoms with Crippen LogP contribution in [0.1, 0.15) is 25.0 Å². The fraction of sp³-hybridized carbons (Fsp3) is 0.261. The van der Waals surface area contributed by atoms with Gasteiger partial charge >= 0.3 is 0 Å². The second-order valence-corrected chi connectivity index (χ2v) is 7.32. The van der Waals surface area contributed by atoms with E-state index in [2.05, 4.69) is 64.9 Å². The molecular formula is C23H23N2O+. The summed E-state index contributed by atoms with van der Waals surface area (Å²) in [5.74, 6) is 1.71. The highest BCUT2D eigenvalue weighted by Crippen LogP contribution is 2.35. The molecule has 3 nitrogen and oxygen atoms in total. The van der Waals surface area contributed by atoms with Crippen molar-refractivity contribution in [3.8, 4) is 0 Å². The highest BCUT2D eigenvalue weighted by Gasteiger charge is 2.29. The molecule has 4 aromatic rings. The van der Waals surface area contributed by atoms with E-state index in [0.29, 0.717) is 12.0 Å². The summed E-state index contributed by atoms with van der Waals surface area (Å²) >= 11 is 0. The Balaban J connectivity index is 1.55. The lowest BCUT2D eigenvalue weighted by Gasteiger charge is -2.22. The fourth-order valence-corrected chi connectivity index (χ4v) is 4.41. The normalized spacial score (nSPS) is 20.0. The van der Waals surface area contributed by atoms with Crippen molar-refractivity contribution < 1.29 is 9.40 Å². The number of aromatic nitrogens is 1. The van der Waals surface area contributed by atoms with Crippen LogP contribution in [0.4, 0.5) is 5.69 Å². The first-order chi connectivity index (χ1) is 12.9. The number of aromatic amines is 1. The predicted octanol–water partition coefficient (Wildman–Crippen LogP) is 5.22. The van der Waals surface area contributed by atoms with Crippen LogP contribution in [0, 0.1) is 5.92 Å². The Labute approximate surface area is 153 Å². The molecule has 0 saturated heterocycles. The van der Waals surface area contributed by atoms with Gasteiger partial charge in [0, 0.05) is 24.6 Å². The fourth-order valence-electron chi connectivity index (χ4n) is 4.41. The third kappa shape index (κ3) is 2.74. The van der Waals surface area contributed by atoms with Crippen LogP contribution in [-0.4, -0.2) is 6.04 Å². The molecule has 0 bridgehead atoms. The van der Waals surface area contributed by atoms with Crippen molar-refractivity contribution in [1.29, 1.82) is 0 Å². The zero-order valence-corrected chi connectivity index (χ0v) is 14.7. The Morgan fingerprint density at radius 1 is 0.885 bits per heavy atom. The molecule has 1 aliphatic rings. The monoisotopic (exact) mass is 343 g/mol. The Morgan fingerprint density at radius 2 is 1.62 bits per heavy atom. The molecular weight excluding hydrogens is 320 g/mol. The van der Waals surface area contributed by atoms with Gasteiger partial charge in [0.1, 0.15) is 5.76 Å². The van der Waals surface area contributed by atoms with Gasteiger partial charge in [0.15, 0.2) is 0 Å². The van der Waals surface area contributed by atoms with Crippen LogP contribution in [0.15, 0.2) is 71.3 Å². The third-order valence-corrected chi connectivity index (χ3v) is 5.69. The van der Waals surface area contributed by atoms with Crippen LogP contribution in [0.3, 0.4) is 0 Å². The zero-order valence-electron chi connectivity index (χ0n) is 14.7. The summed E-state index contributed by atoms with van der Waals surface area (Å²) in [5.41, 5.74) is 3.61. The van der Waals surface area contributed by atoms with Crippen molar-refractivity contribution in [2.75, 3.05) is 5.32 Å².